The first-order valence-electron chi connectivity index (χ1n) is 7.72. The predicted molar refractivity (Wildman–Crippen MR) is 86.1 cm³/mol. The zero-order chi connectivity index (χ0) is 14.7. The Labute approximate surface area is 126 Å². The first-order valence-corrected chi connectivity index (χ1v) is 7.72. The number of aromatic nitrogens is 2. The lowest BCUT2D eigenvalue weighted by atomic mass is 10.0. The molecule has 0 spiro atoms. The van der Waals surface area contributed by atoms with Crippen molar-refractivity contribution in [2.45, 2.75) is 32.2 Å². The van der Waals surface area contributed by atoms with Gasteiger partial charge in [-0.2, -0.15) is 0 Å². The highest BCUT2D eigenvalue weighted by molar-refractivity contribution is 5.22. The zero-order valence-electron chi connectivity index (χ0n) is 12.7. The van der Waals surface area contributed by atoms with Gasteiger partial charge in [0.25, 0.3) is 0 Å². The molecular formula is C18H23N3. The molecule has 2 heterocycles. The van der Waals surface area contributed by atoms with Crippen LogP contribution in [0.2, 0.25) is 0 Å². The number of imidazole rings is 1. The number of hydrogen-bond acceptors (Lipinski definition) is 2. The van der Waals surface area contributed by atoms with E-state index in [2.05, 4.69) is 57.6 Å². The highest BCUT2D eigenvalue weighted by atomic mass is 15.2. The van der Waals surface area contributed by atoms with Gasteiger partial charge >= 0.3 is 0 Å². The smallest absolute Gasteiger partial charge is 0.0955 e. The van der Waals surface area contributed by atoms with E-state index in [-0.39, 0.29) is 6.04 Å². The van der Waals surface area contributed by atoms with E-state index in [1.54, 1.807) is 0 Å². The average molecular weight is 281 g/mol. The van der Waals surface area contributed by atoms with E-state index >= 15 is 0 Å². The minimum Gasteiger partial charge on any atom is -0.375 e. The largest absolute Gasteiger partial charge is 0.375 e. The molecule has 0 bridgehead atoms. The molecular weight excluding hydrogens is 258 g/mol. The second kappa shape index (κ2) is 6.17. The molecule has 3 rings (SSSR count). The minimum absolute atomic E-state index is 0.278. The number of hydrogen-bond donors (Lipinski definition) is 0. The summed E-state index contributed by atoms with van der Waals surface area (Å²) in [4.78, 5) is 6.82. The van der Waals surface area contributed by atoms with Crippen LogP contribution >= 0.6 is 0 Å². The molecule has 1 aliphatic heterocycles. The fourth-order valence-corrected chi connectivity index (χ4v) is 3.07. The van der Waals surface area contributed by atoms with E-state index in [0.717, 1.165) is 25.2 Å². The predicted octanol–water partition coefficient (Wildman–Crippen LogP) is 3.78. The summed E-state index contributed by atoms with van der Waals surface area (Å²) in [6, 6.07) is 10.9. The van der Waals surface area contributed by atoms with Crippen molar-refractivity contribution in [3.8, 4) is 0 Å². The van der Waals surface area contributed by atoms with Gasteiger partial charge in [0.1, 0.15) is 0 Å². The van der Waals surface area contributed by atoms with Crippen LogP contribution in [0.4, 0.5) is 0 Å². The average Bonchev–Trinajstić information content (AvgIpc) is 3.17. The summed E-state index contributed by atoms with van der Waals surface area (Å²) in [5.41, 5.74) is 3.62. The van der Waals surface area contributed by atoms with Crippen molar-refractivity contribution in [2.75, 3.05) is 13.1 Å². The Morgan fingerprint density at radius 1 is 1.24 bits per heavy atom. The van der Waals surface area contributed by atoms with Gasteiger partial charge in [0.2, 0.25) is 0 Å². The molecule has 1 aromatic carbocycles. The van der Waals surface area contributed by atoms with Crippen molar-refractivity contribution in [1.82, 2.24) is 14.5 Å². The summed E-state index contributed by atoms with van der Waals surface area (Å²) < 4.78 is 2.21. The summed E-state index contributed by atoms with van der Waals surface area (Å²) in [5, 5.41) is 0. The fraction of sp³-hybridized carbons (Fsp3) is 0.389. The van der Waals surface area contributed by atoms with Gasteiger partial charge in [-0.3, -0.25) is 0 Å². The maximum Gasteiger partial charge on any atom is 0.0955 e. The molecule has 1 aliphatic rings. The number of allylic oxidation sites excluding steroid dienone is 1. The Morgan fingerprint density at radius 3 is 2.57 bits per heavy atom. The Hall–Kier alpha value is -2.03. The third-order valence-corrected chi connectivity index (χ3v) is 4.26. The summed E-state index contributed by atoms with van der Waals surface area (Å²) in [7, 11) is 0. The van der Waals surface area contributed by atoms with Crippen LogP contribution in [0.3, 0.4) is 0 Å². The van der Waals surface area contributed by atoms with Gasteiger partial charge in [-0.05, 0) is 25.3 Å². The molecule has 0 saturated carbocycles. The number of nitrogens with zero attached hydrogens (tertiary/aromatic N) is 3. The van der Waals surface area contributed by atoms with Gasteiger partial charge in [-0.1, -0.05) is 36.9 Å². The topological polar surface area (TPSA) is 21.1 Å². The van der Waals surface area contributed by atoms with Gasteiger partial charge in [0.15, 0.2) is 0 Å². The van der Waals surface area contributed by atoms with Gasteiger partial charge in [0.05, 0.1) is 18.1 Å². The summed E-state index contributed by atoms with van der Waals surface area (Å²) in [6.45, 7) is 8.67. The number of rotatable bonds is 5. The van der Waals surface area contributed by atoms with Crippen LogP contribution in [0.1, 0.15) is 36.6 Å². The molecule has 1 saturated heterocycles. The second-order valence-electron chi connectivity index (χ2n) is 5.85. The van der Waals surface area contributed by atoms with Crippen molar-refractivity contribution in [1.29, 1.82) is 0 Å². The van der Waals surface area contributed by atoms with E-state index in [4.69, 9.17) is 0 Å². The first kappa shape index (κ1) is 13.9. The molecule has 2 aromatic rings. The molecule has 21 heavy (non-hydrogen) atoms. The van der Waals surface area contributed by atoms with Crippen LogP contribution in [0, 0.1) is 6.92 Å². The molecule has 1 fully saturated rings. The van der Waals surface area contributed by atoms with Crippen LogP contribution in [-0.2, 0) is 0 Å². The van der Waals surface area contributed by atoms with E-state index in [1.807, 2.05) is 13.3 Å². The normalized spacial score (nSPS) is 16.1. The third-order valence-electron chi connectivity index (χ3n) is 4.26. The molecule has 3 heteroatoms. The Kier molecular flexibility index (Phi) is 4.09. The lowest BCUT2D eigenvalue weighted by Gasteiger charge is -2.26. The Bertz CT molecular complexity index is 594. The van der Waals surface area contributed by atoms with Crippen LogP contribution in [0.15, 0.2) is 55.1 Å². The number of benzene rings is 1. The van der Waals surface area contributed by atoms with Crippen LogP contribution < -0.4 is 0 Å². The maximum atomic E-state index is 4.39. The number of aryl methyl sites for hydroxylation is 1. The van der Waals surface area contributed by atoms with Crippen molar-refractivity contribution >= 4 is 0 Å². The highest BCUT2D eigenvalue weighted by Gasteiger charge is 2.20. The second-order valence-corrected chi connectivity index (χ2v) is 5.85. The van der Waals surface area contributed by atoms with Gasteiger partial charge in [0, 0.05) is 31.4 Å². The molecule has 110 valence electrons. The monoisotopic (exact) mass is 281 g/mol. The van der Waals surface area contributed by atoms with E-state index < -0.39 is 0 Å². The molecule has 0 amide bonds. The number of likely N-dealkylation sites (tertiary alicyclic amines) is 1. The molecule has 0 N–H and O–H groups in total. The van der Waals surface area contributed by atoms with Crippen LogP contribution in [-0.4, -0.2) is 27.5 Å². The van der Waals surface area contributed by atoms with Gasteiger partial charge in [-0.15, -0.1) is 0 Å². The lowest BCUT2D eigenvalue weighted by molar-refractivity contribution is 0.388. The highest BCUT2D eigenvalue weighted by Crippen LogP contribution is 2.28. The zero-order valence-corrected chi connectivity index (χ0v) is 12.7. The standard InChI is InChI=1S/C18H23N3/c1-15-13-21(14-19-15)18(17-8-4-3-5-9-17)12-16(2)20-10-6-7-11-20/h3-5,8-9,13-14,18H,2,6-7,10-12H2,1H3. The van der Waals surface area contributed by atoms with Crippen LogP contribution in [0.5, 0.6) is 0 Å². The first-order chi connectivity index (χ1) is 10.2. The molecule has 1 atom stereocenters. The van der Waals surface area contributed by atoms with Crippen molar-refractivity contribution in [3.63, 3.8) is 0 Å². The molecule has 1 unspecified atom stereocenters. The van der Waals surface area contributed by atoms with Gasteiger partial charge in [-0.25, -0.2) is 4.98 Å². The maximum absolute atomic E-state index is 4.39. The molecule has 3 nitrogen and oxygen atoms in total. The van der Waals surface area contributed by atoms with E-state index in [1.165, 1.54) is 24.1 Å². The SMILES string of the molecule is C=C(CC(c1ccccc1)n1cnc(C)c1)N1CCCC1. The fourth-order valence-electron chi connectivity index (χ4n) is 3.07. The molecule has 0 radical (unpaired) electrons. The minimum atomic E-state index is 0.278. The summed E-state index contributed by atoms with van der Waals surface area (Å²) in [6.07, 6.45) is 7.58. The summed E-state index contributed by atoms with van der Waals surface area (Å²) >= 11 is 0. The molecule has 1 aromatic heterocycles. The van der Waals surface area contributed by atoms with E-state index in [0.29, 0.717) is 0 Å². The Balaban J connectivity index is 1.84. The molecule has 0 aliphatic carbocycles. The quantitative estimate of drug-likeness (QED) is 0.831. The third kappa shape index (κ3) is 3.18. The van der Waals surface area contributed by atoms with Crippen molar-refractivity contribution < 1.29 is 0 Å². The van der Waals surface area contributed by atoms with Crippen LogP contribution in [0.25, 0.3) is 0 Å². The summed E-state index contributed by atoms with van der Waals surface area (Å²) in [5.74, 6) is 0. The lowest BCUT2D eigenvalue weighted by Crippen LogP contribution is -2.21. The van der Waals surface area contributed by atoms with E-state index in [9.17, 15) is 0 Å². The van der Waals surface area contributed by atoms with Gasteiger partial charge < -0.3 is 9.47 Å². The Morgan fingerprint density at radius 2 is 1.95 bits per heavy atom. The van der Waals surface area contributed by atoms with Crippen molar-refractivity contribution in [3.05, 3.63) is 66.4 Å². The van der Waals surface area contributed by atoms with Crippen molar-refractivity contribution in [2.24, 2.45) is 0 Å².